The summed E-state index contributed by atoms with van der Waals surface area (Å²) in [6.45, 7) is 7.09. The SMILES string of the molecule is COCCNCCCCCCc1cc(C)c(Cl)cc1C. The fourth-order valence-corrected chi connectivity index (χ4v) is 2.55. The van der Waals surface area contributed by atoms with Crippen molar-refractivity contribution in [3.8, 4) is 0 Å². The van der Waals surface area contributed by atoms with Gasteiger partial charge in [0.1, 0.15) is 0 Å². The largest absolute Gasteiger partial charge is 0.383 e. The fourth-order valence-electron chi connectivity index (χ4n) is 2.33. The summed E-state index contributed by atoms with van der Waals surface area (Å²) in [4.78, 5) is 0. The van der Waals surface area contributed by atoms with Crippen molar-refractivity contribution in [3.63, 3.8) is 0 Å². The molecule has 0 amide bonds. The molecule has 0 aromatic heterocycles. The molecule has 3 heteroatoms. The van der Waals surface area contributed by atoms with Crippen molar-refractivity contribution in [1.82, 2.24) is 5.32 Å². The molecule has 0 saturated heterocycles. The molecule has 0 aliphatic carbocycles. The van der Waals surface area contributed by atoms with Crippen molar-refractivity contribution in [1.29, 1.82) is 0 Å². The minimum Gasteiger partial charge on any atom is -0.383 e. The molecule has 0 atom stereocenters. The van der Waals surface area contributed by atoms with Gasteiger partial charge in [-0.2, -0.15) is 0 Å². The molecule has 2 nitrogen and oxygen atoms in total. The van der Waals surface area contributed by atoms with Gasteiger partial charge in [-0.05, 0) is 62.4 Å². The number of hydrogen-bond donors (Lipinski definition) is 1. The van der Waals surface area contributed by atoms with Crippen LogP contribution >= 0.6 is 11.6 Å². The summed E-state index contributed by atoms with van der Waals surface area (Å²) in [6, 6.07) is 4.33. The average molecular weight is 298 g/mol. The topological polar surface area (TPSA) is 21.3 Å². The first-order valence-electron chi connectivity index (χ1n) is 7.60. The van der Waals surface area contributed by atoms with Crippen molar-refractivity contribution in [2.75, 3.05) is 26.8 Å². The van der Waals surface area contributed by atoms with E-state index in [4.69, 9.17) is 16.3 Å². The van der Waals surface area contributed by atoms with Gasteiger partial charge < -0.3 is 10.1 Å². The Morgan fingerprint density at radius 2 is 1.75 bits per heavy atom. The molecular formula is C17H28ClNO. The van der Waals surface area contributed by atoms with Gasteiger partial charge in [0.25, 0.3) is 0 Å². The molecule has 0 saturated carbocycles. The molecule has 1 rings (SSSR count). The first kappa shape index (κ1) is 17.5. The van der Waals surface area contributed by atoms with Gasteiger partial charge >= 0.3 is 0 Å². The first-order valence-corrected chi connectivity index (χ1v) is 7.98. The van der Waals surface area contributed by atoms with Gasteiger partial charge in [-0.3, -0.25) is 0 Å². The van der Waals surface area contributed by atoms with Gasteiger partial charge in [-0.15, -0.1) is 0 Å². The lowest BCUT2D eigenvalue weighted by Gasteiger charge is -2.09. The summed E-state index contributed by atoms with van der Waals surface area (Å²) in [6.07, 6.45) is 6.28. The Kier molecular flexibility index (Phi) is 8.92. The minimum atomic E-state index is 0.801. The number of rotatable bonds is 10. The molecule has 1 N–H and O–H groups in total. The lowest BCUT2D eigenvalue weighted by atomic mass is 9.99. The van der Waals surface area contributed by atoms with Crippen molar-refractivity contribution >= 4 is 11.6 Å². The maximum absolute atomic E-state index is 6.12. The van der Waals surface area contributed by atoms with E-state index in [-0.39, 0.29) is 0 Å². The monoisotopic (exact) mass is 297 g/mol. The number of aryl methyl sites for hydroxylation is 3. The summed E-state index contributed by atoms with van der Waals surface area (Å²) >= 11 is 6.12. The average Bonchev–Trinajstić information content (AvgIpc) is 2.42. The molecule has 0 aliphatic rings. The Balaban J connectivity index is 2.11. The molecule has 1 aromatic carbocycles. The van der Waals surface area contributed by atoms with Crippen LogP contribution < -0.4 is 5.32 Å². The van der Waals surface area contributed by atoms with Gasteiger partial charge in [0, 0.05) is 18.7 Å². The molecular weight excluding hydrogens is 270 g/mol. The Morgan fingerprint density at radius 3 is 2.50 bits per heavy atom. The number of unbranched alkanes of at least 4 members (excludes halogenated alkanes) is 3. The highest BCUT2D eigenvalue weighted by Crippen LogP contribution is 2.22. The Hall–Kier alpha value is -0.570. The summed E-state index contributed by atoms with van der Waals surface area (Å²) in [5.41, 5.74) is 3.96. The maximum Gasteiger partial charge on any atom is 0.0587 e. The van der Waals surface area contributed by atoms with E-state index in [0.29, 0.717) is 0 Å². The van der Waals surface area contributed by atoms with Crippen LogP contribution in [0.3, 0.4) is 0 Å². The van der Waals surface area contributed by atoms with Crippen LogP contribution in [0.5, 0.6) is 0 Å². The van der Waals surface area contributed by atoms with Gasteiger partial charge in [-0.25, -0.2) is 0 Å². The highest BCUT2D eigenvalue weighted by atomic mass is 35.5. The summed E-state index contributed by atoms with van der Waals surface area (Å²) in [5, 5.41) is 4.26. The highest BCUT2D eigenvalue weighted by Gasteiger charge is 2.02. The fraction of sp³-hybridized carbons (Fsp3) is 0.647. The standard InChI is InChI=1S/C17H28ClNO/c1-14-13-17(18)15(2)12-16(14)8-6-4-5-7-9-19-10-11-20-3/h12-13,19H,4-11H2,1-3H3. The van der Waals surface area contributed by atoms with Crippen LogP contribution in [0.4, 0.5) is 0 Å². The van der Waals surface area contributed by atoms with E-state index in [1.165, 1.54) is 48.8 Å². The number of hydrogen-bond acceptors (Lipinski definition) is 2. The molecule has 0 radical (unpaired) electrons. The van der Waals surface area contributed by atoms with E-state index in [1.807, 2.05) is 0 Å². The molecule has 20 heavy (non-hydrogen) atoms. The molecule has 114 valence electrons. The quantitative estimate of drug-likeness (QED) is 0.650. The third kappa shape index (κ3) is 6.74. The lowest BCUT2D eigenvalue weighted by Crippen LogP contribution is -2.20. The molecule has 0 bridgehead atoms. The number of ether oxygens (including phenoxy) is 1. The Morgan fingerprint density at radius 1 is 1.00 bits per heavy atom. The minimum absolute atomic E-state index is 0.801. The maximum atomic E-state index is 6.12. The van der Waals surface area contributed by atoms with Crippen LogP contribution in [-0.4, -0.2) is 26.8 Å². The van der Waals surface area contributed by atoms with E-state index in [9.17, 15) is 0 Å². The van der Waals surface area contributed by atoms with Crippen molar-refractivity contribution < 1.29 is 4.74 Å². The van der Waals surface area contributed by atoms with Crippen LogP contribution in [0.1, 0.15) is 42.4 Å². The molecule has 0 aliphatic heterocycles. The summed E-state index contributed by atoms with van der Waals surface area (Å²) < 4.78 is 4.99. The van der Waals surface area contributed by atoms with E-state index < -0.39 is 0 Å². The lowest BCUT2D eigenvalue weighted by molar-refractivity contribution is 0.199. The third-order valence-electron chi connectivity index (χ3n) is 3.65. The zero-order chi connectivity index (χ0) is 14.8. The van der Waals surface area contributed by atoms with Crippen LogP contribution in [0.25, 0.3) is 0 Å². The van der Waals surface area contributed by atoms with E-state index in [2.05, 4.69) is 31.3 Å². The van der Waals surface area contributed by atoms with Crippen LogP contribution in [0.15, 0.2) is 12.1 Å². The van der Waals surface area contributed by atoms with Crippen molar-refractivity contribution in [2.45, 2.75) is 46.0 Å². The second-order valence-corrected chi connectivity index (χ2v) is 5.84. The normalized spacial score (nSPS) is 11.0. The smallest absolute Gasteiger partial charge is 0.0587 e. The van der Waals surface area contributed by atoms with Gasteiger partial charge in [0.05, 0.1) is 6.61 Å². The van der Waals surface area contributed by atoms with E-state index in [0.717, 1.165) is 24.7 Å². The van der Waals surface area contributed by atoms with Crippen LogP contribution in [0.2, 0.25) is 5.02 Å². The number of nitrogens with one attached hydrogen (secondary N) is 1. The predicted molar refractivity (Wildman–Crippen MR) is 87.8 cm³/mol. The van der Waals surface area contributed by atoms with E-state index in [1.54, 1.807) is 7.11 Å². The number of methoxy groups -OCH3 is 1. The zero-order valence-corrected chi connectivity index (χ0v) is 13.9. The van der Waals surface area contributed by atoms with Gasteiger partial charge in [0.15, 0.2) is 0 Å². The highest BCUT2D eigenvalue weighted by molar-refractivity contribution is 6.31. The van der Waals surface area contributed by atoms with Crippen LogP contribution in [-0.2, 0) is 11.2 Å². The third-order valence-corrected chi connectivity index (χ3v) is 4.06. The predicted octanol–water partition coefficient (Wildman–Crippen LogP) is 4.30. The molecule has 1 aromatic rings. The molecule has 0 fully saturated rings. The second kappa shape index (κ2) is 10.2. The Bertz CT molecular complexity index is 393. The first-order chi connectivity index (χ1) is 9.65. The zero-order valence-electron chi connectivity index (χ0n) is 13.1. The van der Waals surface area contributed by atoms with Crippen molar-refractivity contribution in [3.05, 3.63) is 33.8 Å². The Labute approximate surface area is 128 Å². The van der Waals surface area contributed by atoms with Crippen molar-refractivity contribution in [2.24, 2.45) is 0 Å². The molecule has 0 spiro atoms. The number of benzene rings is 1. The second-order valence-electron chi connectivity index (χ2n) is 5.43. The van der Waals surface area contributed by atoms with Gasteiger partial charge in [-0.1, -0.05) is 30.5 Å². The summed E-state index contributed by atoms with van der Waals surface area (Å²) in [5.74, 6) is 0. The molecule has 0 heterocycles. The van der Waals surface area contributed by atoms with Gasteiger partial charge in [0.2, 0.25) is 0 Å². The van der Waals surface area contributed by atoms with E-state index >= 15 is 0 Å². The van der Waals surface area contributed by atoms with Crippen LogP contribution in [0, 0.1) is 13.8 Å². The number of halogens is 1. The molecule has 0 unspecified atom stereocenters. The summed E-state index contributed by atoms with van der Waals surface area (Å²) in [7, 11) is 1.74.